The van der Waals surface area contributed by atoms with Crippen molar-refractivity contribution in [2.24, 2.45) is 7.05 Å². The molecule has 144 valence electrons. The number of hydrogen-bond acceptors (Lipinski definition) is 5. The van der Waals surface area contributed by atoms with Gasteiger partial charge in [-0.05, 0) is 37.1 Å². The van der Waals surface area contributed by atoms with E-state index in [2.05, 4.69) is 5.10 Å². The van der Waals surface area contributed by atoms with Crippen molar-refractivity contribution in [3.8, 4) is 5.75 Å². The Morgan fingerprint density at radius 3 is 2.63 bits per heavy atom. The molecule has 0 saturated carbocycles. The summed E-state index contributed by atoms with van der Waals surface area (Å²) in [5.74, 6) is -0.419. The number of aryl methyl sites for hydroxylation is 3. The fourth-order valence-corrected chi connectivity index (χ4v) is 5.12. The number of aromatic nitrogens is 3. The van der Waals surface area contributed by atoms with Crippen LogP contribution in [0.2, 0.25) is 5.15 Å². The highest BCUT2D eigenvalue weighted by Gasteiger charge is 2.29. The van der Waals surface area contributed by atoms with Gasteiger partial charge in [-0.2, -0.15) is 5.10 Å². The zero-order chi connectivity index (χ0) is 19.9. The monoisotopic (exact) mass is 411 g/mol. The summed E-state index contributed by atoms with van der Waals surface area (Å²) in [5, 5.41) is 13.7. The summed E-state index contributed by atoms with van der Waals surface area (Å²) in [7, 11) is -0.965. The van der Waals surface area contributed by atoms with Crippen LogP contribution in [0, 0.1) is 6.92 Å². The second-order valence-electron chi connectivity index (χ2n) is 6.06. The lowest BCUT2D eigenvalue weighted by molar-refractivity contribution is -0.136. The highest BCUT2D eigenvalue weighted by Crippen LogP contribution is 2.33. The molecule has 0 aliphatic rings. The minimum atomic E-state index is -4.03. The number of fused-ring (bicyclic) bond motifs is 1. The molecule has 3 aromatic rings. The van der Waals surface area contributed by atoms with Crippen LogP contribution in [0.25, 0.3) is 10.9 Å². The third-order valence-corrected chi connectivity index (χ3v) is 6.66. The Labute approximate surface area is 161 Å². The number of carboxylic acid groups (broad SMARTS) is 1. The molecule has 0 unspecified atom stereocenters. The minimum Gasteiger partial charge on any atom is -0.497 e. The maximum absolute atomic E-state index is 13.3. The van der Waals surface area contributed by atoms with Crippen molar-refractivity contribution < 1.29 is 23.1 Å². The standard InChI is InChI=1S/C17H18ClN3O5S/c1-10-16(17(18)20(2)19-10)27(24,25)21-9-11(4-7-15(22)23)13-8-12(26-3)5-6-14(13)21/h5-6,8-9H,4,7H2,1-3H3,(H,22,23). The summed E-state index contributed by atoms with van der Waals surface area (Å²) in [6.07, 6.45) is 1.50. The van der Waals surface area contributed by atoms with Gasteiger partial charge in [0.25, 0.3) is 10.0 Å². The number of methoxy groups -OCH3 is 1. The number of rotatable bonds is 6. The smallest absolute Gasteiger partial charge is 0.303 e. The molecular formula is C17H18ClN3O5S. The predicted molar refractivity (Wildman–Crippen MR) is 100.0 cm³/mol. The van der Waals surface area contributed by atoms with E-state index in [0.29, 0.717) is 22.2 Å². The third-order valence-electron chi connectivity index (χ3n) is 4.29. The number of carboxylic acids is 1. The first-order valence-corrected chi connectivity index (χ1v) is 9.83. The Morgan fingerprint density at radius 2 is 2.07 bits per heavy atom. The van der Waals surface area contributed by atoms with Crippen molar-refractivity contribution in [1.82, 2.24) is 13.8 Å². The molecule has 8 nitrogen and oxygen atoms in total. The normalized spacial score (nSPS) is 11.9. The van der Waals surface area contributed by atoms with E-state index in [9.17, 15) is 13.2 Å². The van der Waals surface area contributed by atoms with Crippen molar-refractivity contribution in [1.29, 1.82) is 0 Å². The van der Waals surface area contributed by atoms with E-state index in [1.807, 2.05) is 0 Å². The van der Waals surface area contributed by atoms with E-state index in [1.54, 1.807) is 32.2 Å². The first kappa shape index (κ1) is 19.2. The van der Waals surface area contributed by atoms with Crippen LogP contribution in [0.1, 0.15) is 17.7 Å². The van der Waals surface area contributed by atoms with Crippen LogP contribution in [0.15, 0.2) is 29.3 Å². The first-order valence-electron chi connectivity index (χ1n) is 8.01. The Hall–Kier alpha value is -2.52. The number of halogens is 1. The summed E-state index contributed by atoms with van der Waals surface area (Å²) in [5.41, 5.74) is 1.29. The summed E-state index contributed by atoms with van der Waals surface area (Å²) in [4.78, 5) is 10.9. The molecule has 1 N–H and O–H groups in total. The Bertz CT molecular complexity index is 1150. The Morgan fingerprint density at radius 1 is 1.37 bits per heavy atom. The fraction of sp³-hybridized carbons (Fsp3) is 0.294. The molecule has 0 bridgehead atoms. The summed E-state index contributed by atoms with van der Waals surface area (Å²) >= 11 is 6.17. The molecule has 0 aliphatic carbocycles. The molecule has 0 spiro atoms. The van der Waals surface area contributed by atoms with E-state index in [4.69, 9.17) is 21.4 Å². The molecule has 27 heavy (non-hydrogen) atoms. The van der Waals surface area contributed by atoms with Crippen molar-refractivity contribution in [2.75, 3.05) is 7.11 Å². The number of hydrogen-bond donors (Lipinski definition) is 1. The van der Waals surface area contributed by atoms with Gasteiger partial charge in [-0.3, -0.25) is 9.48 Å². The number of carbonyl (C=O) groups is 1. The average Bonchev–Trinajstić information content (AvgIpc) is 3.10. The van der Waals surface area contributed by atoms with Crippen LogP contribution in [0.3, 0.4) is 0 Å². The highest BCUT2D eigenvalue weighted by atomic mass is 35.5. The van der Waals surface area contributed by atoms with Gasteiger partial charge in [0.2, 0.25) is 0 Å². The van der Waals surface area contributed by atoms with Crippen LogP contribution >= 0.6 is 11.6 Å². The quantitative estimate of drug-likeness (QED) is 0.668. The SMILES string of the molecule is COc1ccc2c(c1)c(CCC(=O)O)cn2S(=O)(=O)c1c(C)nn(C)c1Cl. The number of nitrogens with zero attached hydrogens (tertiary/aromatic N) is 3. The molecule has 1 aromatic carbocycles. The Kier molecular flexibility index (Phi) is 4.92. The van der Waals surface area contributed by atoms with E-state index >= 15 is 0 Å². The minimum absolute atomic E-state index is 0.00921. The van der Waals surface area contributed by atoms with E-state index in [0.717, 1.165) is 3.97 Å². The maximum atomic E-state index is 13.3. The molecule has 0 fully saturated rings. The van der Waals surface area contributed by atoms with Gasteiger partial charge >= 0.3 is 5.97 Å². The molecule has 10 heteroatoms. The maximum Gasteiger partial charge on any atom is 0.303 e. The second kappa shape index (κ2) is 6.90. The zero-order valence-electron chi connectivity index (χ0n) is 14.9. The highest BCUT2D eigenvalue weighted by molar-refractivity contribution is 7.90. The third kappa shape index (κ3) is 3.28. The van der Waals surface area contributed by atoms with Gasteiger partial charge in [0.1, 0.15) is 15.8 Å². The summed E-state index contributed by atoms with van der Waals surface area (Å²) < 4.78 is 34.2. The molecule has 0 atom stereocenters. The molecule has 0 radical (unpaired) electrons. The van der Waals surface area contributed by atoms with Gasteiger partial charge in [-0.25, -0.2) is 12.4 Å². The van der Waals surface area contributed by atoms with E-state index < -0.39 is 16.0 Å². The second-order valence-corrected chi connectivity index (χ2v) is 8.17. The van der Waals surface area contributed by atoms with Gasteiger partial charge in [0.05, 0.1) is 18.3 Å². The van der Waals surface area contributed by atoms with Crippen molar-refractivity contribution >= 4 is 38.5 Å². The van der Waals surface area contributed by atoms with Gasteiger partial charge in [0.15, 0.2) is 0 Å². The summed E-state index contributed by atoms with van der Waals surface area (Å²) in [6, 6.07) is 4.96. The lowest BCUT2D eigenvalue weighted by Gasteiger charge is -2.08. The molecule has 0 saturated heterocycles. The van der Waals surface area contributed by atoms with Gasteiger partial charge in [0, 0.05) is 25.1 Å². The predicted octanol–water partition coefficient (Wildman–Crippen LogP) is 2.60. The van der Waals surface area contributed by atoms with Crippen LogP contribution in [0.5, 0.6) is 5.75 Å². The van der Waals surface area contributed by atoms with Gasteiger partial charge < -0.3 is 9.84 Å². The van der Waals surface area contributed by atoms with Crippen LogP contribution in [0.4, 0.5) is 0 Å². The largest absolute Gasteiger partial charge is 0.497 e. The van der Waals surface area contributed by atoms with Gasteiger partial charge in [-0.1, -0.05) is 11.6 Å². The summed E-state index contributed by atoms with van der Waals surface area (Å²) in [6.45, 7) is 1.57. The first-order chi connectivity index (χ1) is 12.7. The van der Waals surface area contributed by atoms with Crippen molar-refractivity contribution in [3.05, 3.63) is 40.8 Å². The molecule has 2 aromatic heterocycles. The molecular weight excluding hydrogens is 394 g/mol. The molecule has 2 heterocycles. The van der Waals surface area contributed by atoms with Crippen molar-refractivity contribution in [2.45, 2.75) is 24.7 Å². The number of benzene rings is 1. The fourth-order valence-electron chi connectivity index (χ4n) is 3.01. The van der Waals surface area contributed by atoms with Crippen LogP contribution < -0.4 is 4.74 Å². The van der Waals surface area contributed by atoms with E-state index in [1.165, 1.54) is 18.0 Å². The lowest BCUT2D eigenvalue weighted by atomic mass is 10.1. The van der Waals surface area contributed by atoms with Crippen LogP contribution in [-0.2, 0) is 28.3 Å². The topological polar surface area (TPSA) is 103 Å². The molecule has 0 aliphatic heterocycles. The van der Waals surface area contributed by atoms with Crippen LogP contribution in [-0.4, -0.2) is 40.4 Å². The lowest BCUT2D eigenvalue weighted by Crippen LogP contribution is -2.13. The van der Waals surface area contributed by atoms with Gasteiger partial charge in [-0.15, -0.1) is 0 Å². The van der Waals surface area contributed by atoms with E-state index in [-0.39, 0.29) is 28.6 Å². The molecule has 3 rings (SSSR count). The number of ether oxygens (including phenoxy) is 1. The molecule has 0 amide bonds. The average molecular weight is 412 g/mol. The Balaban J connectivity index is 2.26. The zero-order valence-corrected chi connectivity index (χ0v) is 16.5. The number of aliphatic carboxylic acids is 1. The van der Waals surface area contributed by atoms with Crippen molar-refractivity contribution in [3.63, 3.8) is 0 Å².